The molecule has 0 aromatic heterocycles. The van der Waals surface area contributed by atoms with Gasteiger partial charge in [-0.3, -0.25) is 9.59 Å². The summed E-state index contributed by atoms with van der Waals surface area (Å²) in [6, 6.07) is 12.4. The SMILES string of the molecule is C/C=C1/C(=O)Nc2c1cc(-c1ccccc1)c1c2CN(C(C)=O)CC1. The van der Waals surface area contributed by atoms with Crippen molar-refractivity contribution in [2.75, 3.05) is 11.9 Å². The molecular weight excluding hydrogens is 312 g/mol. The number of anilines is 1. The highest BCUT2D eigenvalue weighted by Crippen LogP contribution is 2.43. The van der Waals surface area contributed by atoms with Crippen molar-refractivity contribution in [1.29, 1.82) is 0 Å². The number of nitrogens with zero attached hydrogens (tertiary/aromatic N) is 1. The summed E-state index contributed by atoms with van der Waals surface area (Å²) in [6.45, 7) is 4.74. The van der Waals surface area contributed by atoms with Crippen LogP contribution in [0.25, 0.3) is 16.7 Å². The van der Waals surface area contributed by atoms with Crippen LogP contribution in [0.2, 0.25) is 0 Å². The molecule has 0 radical (unpaired) electrons. The quantitative estimate of drug-likeness (QED) is 0.811. The van der Waals surface area contributed by atoms with E-state index < -0.39 is 0 Å². The van der Waals surface area contributed by atoms with E-state index in [-0.39, 0.29) is 11.8 Å². The molecule has 0 unspecified atom stereocenters. The Morgan fingerprint density at radius 3 is 2.60 bits per heavy atom. The predicted molar refractivity (Wildman–Crippen MR) is 99.0 cm³/mol. The summed E-state index contributed by atoms with van der Waals surface area (Å²) in [4.78, 5) is 26.1. The standard InChI is InChI=1S/C21H20N2O2/c1-3-15-18-11-17(14-7-5-4-6-8-14)16-9-10-23(13(2)24)12-19(16)20(18)22-21(15)25/h3-8,11H,9-10,12H2,1-2H3,(H,22,25)/b15-3+. The van der Waals surface area contributed by atoms with E-state index >= 15 is 0 Å². The molecule has 4 heteroatoms. The Hall–Kier alpha value is -2.88. The summed E-state index contributed by atoms with van der Waals surface area (Å²) in [5.74, 6) is 0.00459. The zero-order valence-electron chi connectivity index (χ0n) is 14.4. The molecule has 0 saturated carbocycles. The molecular formula is C21H20N2O2. The van der Waals surface area contributed by atoms with Gasteiger partial charge in [-0.25, -0.2) is 0 Å². The first kappa shape index (κ1) is 15.6. The van der Waals surface area contributed by atoms with Gasteiger partial charge in [-0.05, 0) is 41.7 Å². The summed E-state index contributed by atoms with van der Waals surface area (Å²) in [5.41, 5.74) is 7.13. The summed E-state index contributed by atoms with van der Waals surface area (Å²) in [7, 11) is 0. The van der Waals surface area contributed by atoms with E-state index in [2.05, 4.69) is 23.5 Å². The van der Waals surface area contributed by atoms with E-state index in [4.69, 9.17) is 0 Å². The number of rotatable bonds is 1. The van der Waals surface area contributed by atoms with Crippen LogP contribution in [0.15, 0.2) is 42.5 Å². The predicted octanol–water partition coefficient (Wildman–Crippen LogP) is 3.61. The summed E-state index contributed by atoms with van der Waals surface area (Å²) < 4.78 is 0. The molecule has 2 aliphatic rings. The van der Waals surface area contributed by atoms with E-state index in [1.165, 1.54) is 5.56 Å². The molecule has 0 fully saturated rings. The van der Waals surface area contributed by atoms with Crippen LogP contribution in [-0.2, 0) is 22.6 Å². The fourth-order valence-electron chi connectivity index (χ4n) is 3.85. The first-order valence-corrected chi connectivity index (χ1v) is 8.58. The lowest BCUT2D eigenvalue weighted by Gasteiger charge is -2.31. The van der Waals surface area contributed by atoms with Gasteiger partial charge in [0.25, 0.3) is 5.91 Å². The maximum atomic E-state index is 12.4. The monoisotopic (exact) mass is 332 g/mol. The van der Waals surface area contributed by atoms with Crippen LogP contribution in [0.3, 0.4) is 0 Å². The van der Waals surface area contributed by atoms with Crippen molar-refractivity contribution in [3.63, 3.8) is 0 Å². The van der Waals surface area contributed by atoms with Crippen molar-refractivity contribution in [2.45, 2.75) is 26.8 Å². The Balaban J connectivity index is 1.97. The van der Waals surface area contributed by atoms with Crippen LogP contribution in [0.5, 0.6) is 0 Å². The Morgan fingerprint density at radius 2 is 1.92 bits per heavy atom. The van der Waals surface area contributed by atoms with E-state index in [1.807, 2.05) is 36.1 Å². The second-order valence-electron chi connectivity index (χ2n) is 6.52. The topological polar surface area (TPSA) is 49.4 Å². The molecule has 2 aromatic carbocycles. The molecule has 25 heavy (non-hydrogen) atoms. The third kappa shape index (κ3) is 2.45. The molecule has 2 aliphatic heterocycles. The molecule has 2 aromatic rings. The van der Waals surface area contributed by atoms with Gasteiger partial charge in [0.15, 0.2) is 0 Å². The summed E-state index contributed by atoms with van der Waals surface area (Å²) in [5, 5.41) is 3.02. The van der Waals surface area contributed by atoms with E-state index in [0.717, 1.165) is 34.4 Å². The maximum Gasteiger partial charge on any atom is 0.256 e. The van der Waals surface area contributed by atoms with Gasteiger partial charge in [0, 0.05) is 31.1 Å². The van der Waals surface area contributed by atoms with Crippen LogP contribution in [0.1, 0.15) is 30.5 Å². The minimum Gasteiger partial charge on any atom is -0.338 e. The van der Waals surface area contributed by atoms with Gasteiger partial charge in [-0.15, -0.1) is 0 Å². The number of amides is 2. The normalized spacial score (nSPS) is 17.3. The highest BCUT2D eigenvalue weighted by atomic mass is 16.2. The highest BCUT2D eigenvalue weighted by Gasteiger charge is 2.32. The van der Waals surface area contributed by atoms with Crippen molar-refractivity contribution >= 4 is 23.1 Å². The first-order valence-electron chi connectivity index (χ1n) is 8.58. The molecule has 4 nitrogen and oxygen atoms in total. The maximum absolute atomic E-state index is 12.4. The van der Waals surface area contributed by atoms with Crippen molar-refractivity contribution in [3.05, 3.63) is 59.2 Å². The van der Waals surface area contributed by atoms with E-state index in [0.29, 0.717) is 18.7 Å². The molecule has 0 bridgehead atoms. The van der Waals surface area contributed by atoms with Gasteiger partial charge in [-0.1, -0.05) is 36.4 Å². The Labute approximate surface area is 147 Å². The lowest BCUT2D eigenvalue weighted by atomic mass is 9.86. The second kappa shape index (κ2) is 5.88. The van der Waals surface area contributed by atoms with Crippen LogP contribution >= 0.6 is 0 Å². The van der Waals surface area contributed by atoms with Crippen molar-refractivity contribution < 1.29 is 9.59 Å². The van der Waals surface area contributed by atoms with Crippen molar-refractivity contribution in [1.82, 2.24) is 4.90 Å². The third-order valence-corrected chi connectivity index (χ3v) is 5.12. The van der Waals surface area contributed by atoms with E-state index in [1.54, 1.807) is 6.92 Å². The average Bonchev–Trinajstić information content (AvgIpc) is 2.96. The Bertz CT molecular complexity index is 913. The van der Waals surface area contributed by atoms with Gasteiger partial charge in [0.05, 0.1) is 5.69 Å². The third-order valence-electron chi connectivity index (χ3n) is 5.12. The van der Waals surface area contributed by atoms with Crippen LogP contribution < -0.4 is 5.32 Å². The number of fused-ring (bicyclic) bond motifs is 3. The molecule has 126 valence electrons. The van der Waals surface area contributed by atoms with Crippen LogP contribution in [0.4, 0.5) is 5.69 Å². The molecule has 4 rings (SSSR count). The molecule has 2 heterocycles. The second-order valence-corrected chi connectivity index (χ2v) is 6.52. The van der Waals surface area contributed by atoms with Gasteiger partial charge in [-0.2, -0.15) is 0 Å². The lowest BCUT2D eigenvalue weighted by Crippen LogP contribution is -2.35. The number of hydrogen-bond donors (Lipinski definition) is 1. The fraction of sp³-hybridized carbons (Fsp3) is 0.238. The van der Waals surface area contributed by atoms with Gasteiger partial charge in [0.2, 0.25) is 5.91 Å². The molecule has 0 aliphatic carbocycles. The van der Waals surface area contributed by atoms with Crippen molar-refractivity contribution in [2.24, 2.45) is 0 Å². The van der Waals surface area contributed by atoms with Gasteiger partial charge < -0.3 is 10.2 Å². The molecule has 1 N–H and O–H groups in total. The largest absolute Gasteiger partial charge is 0.338 e. The zero-order chi connectivity index (χ0) is 17.6. The number of nitrogens with one attached hydrogen (secondary N) is 1. The Kier molecular flexibility index (Phi) is 3.68. The average molecular weight is 332 g/mol. The number of carbonyl (C=O) groups is 2. The fourth-order valence-corrected chi connectivity index (χ4v) is 3.85. The smallest absolute Gasteiger partial charge is 0.256 e. The van der Waals surface area contributed by atoms with Gasteiger partial charge >= 0.3 is 0 Å². The zero-order valence-corrected chi connectivity index (χ0v) is 14.4. The number of allylic oxidation sites excluding steroid dienone is 1. The van der Waals surface area contributed by atoms with Crippen molar-refractivity contribution in [3.8, 4) is 11.1 Å². The molecule has 0 saturated heterocycles. The minimum atomic E-state index is -0.0649. The minimum absolute atomic E-state index is 0.0649. The Morgan fingerprint density at radius 1 is 1.16 bits per heavy atom. The lowest BCUT2D eigenvalue weighted by molar-refractivity contribution is -0.129. The first-order chi connectivity index (χ1) is 12.1. The van der Waals surface area contributed by atoms with Crippen LogP contribution in [-0.4, -0.2) is 23.3 Å². The van der Waals surface area contributed by atoms with Crippen LogP contribution in [0, 0.1) is 0 Å². The number of benzene rings is 2. The molecule has 0 spiro atoms. The van der Waals surface area contributed by atoms with E-state index in [9.17, 15) is 9.59 Å². The highest BCUT2D eigenvalue weighted by molar-refractivity contribution is 6.32. The molecule has 2 amide bonds. The number of carbonyl (C=O) groups excluding carboxylic acids is 2. The summed E-state index contributed by atoms with van der Waals surface area (Å²) >= 11 is 0. The number of hydrogen-bond acceptors (Lipinski definition) is 2. The molecule has 0 atom stereocenters. The van der Waals surface area contributed by atoms with Gasteiger partial charge in [0.1, 0.15) is 0 Å². The summed E-state index contributed by atoms with van der Waals surface area (Å²) in [6.07, 6.45) is 2.65.